The van der Waals surface area contributed by atoms with Gasteiger partial charge < -0.3 is 0 Å². The van der Waals surface area contributed by atoms with Crippen molar-refractivity contribution in [3.8, 4) is 11.1 Å². The highest BCUT2D eigenvalue weighted by molar-refractivity contribution is 5.81. The monoisotopic (exact) mass is 506 g/mol. The van der Waals surface area contributed by atoms with Crippen molar-refractivity contribution in [2.45, 2.75) is 20.8 Å². The number of hydrogen-bond acceptors (Lipinski definition) is 0. The quantitative estimate of drug-likeness (QED) is 0.198. The van der Waals surface area contributed by atoms with Crippen molar-refractivity contribution < 1.29 is 0 Å². The Labute approximate surface area is 235 Å². The van der Waals surface area contributed by atoms with Crippen LogP contribution in [0.25, 0.3) is 40.0 Å². The van der Waals surface area contributed by atoms with E-state index < -0.39 is 0 Å². The molecular formula is C39H38. The second-order valence-corrected chi connectivity index (χ2v) is 8.86. The molecule has 0 saturated heterocycles. The van der Waals surface area contributed by atoms with Crippen molar-refractivity contribution in [3.05, 3.63) is 175 Å². The van der Waals surface area contributed by atoms with Crippen LogP contribution in [0.4, 0.5) is 0 Å². The lowest BCUT2D eigenvalue weighted by molar-refractivity contribution is 1.50. The maximum Gasteiger partial charge on any atom is -0.0184 e. The summed E-state index contributed by atoms with van der Waals surface area (Å²) in [7, 11) is 0. The molecule has 0 aliphatic carbocycles. The van der Waals surface area contributed by atoms with Gasteiger partial charge in [-0.1, -0.05) is 167 Å². The summed E-state index contributed by atoms with van der Waals surface area (Å²) in [5, 5.41) is 0. The number of allylic oxidation sites excluding steroid dienone is 7. The van der Waals surface area contributed by atoms with Gasteiger partial charge in [0.05, 0.1) is 0 Å². The van der Waals surface area contributed by atoms with Crippen molar-refractivity contribution in [2.24, 2.45) is 0 Å². The highest BCUT2D eigenvalue weighted by atomic mass is 14.1. The average Bonchev–Trinajstić information content (AvgIpc) is 3.01. The molecule has 0 bridgehead atoms. The predicted octanol–water partition coefficient (Wildman–Crippen LogP) is 11.4. The number of benzene rings is 4. The van der Waals surface area contributed by atoms with Crippen LogP contribution in [0.15, 0.2) is 147 Å². The number of rotatable bonds is 9. The van der Waals surface area contributed by atoms with Crippen LogP contribution in [-0.2, 0) is 0 Å². The smallest absolute Gasteiger partial charge is 0.0184 e. The van der Waals surface area contributed by atoms with Gasteiger partial charge >= 0.3 is 0 Å². The molecule has 0 fully saturated rings. The summed E-state index contributed by atoms with van der Waals surface area (Å²) < 4.78 is 0. The molecule has 0 nitrogen and oxygen atoms in total. The zero-order valence-corrected chi connectivity index (χ0v) is 23.4. The van der Waals surface area contributed by atoms with Gasteiger partial charge in [0.1, 0.15) is 0 Å². The van der Waals surface area contributed by atoms with Crippen molar-refractivity contribution in [2.75, 3.05) is 0 Å². The standard InChI is InChI=1S/C37H32.C2H6/c1-5-32(6-2)36-23-19-33(20-24-36)28(3)15-17-30-11-10-12-31(27-30)18-16-29(4)34-21-25-37(26-22-34)35-13-8-7-9-14-35;1-2/h5-27H,1,3-4H2,2H3;1-2H3/b17-15+,18-16+,32-6+;. The second-order valence-electron chi connectivity index (χ2n) is 8.86. The molecule has 0 heteroatoms. The third-order valence-corrected chi connectivity index (χ3v) is 6.35. The molecule has 4 aromatic carbocycles. The minimum Gasteiger partial charge on any atom is -0.0985 e. The summed E-state index contributed by atoms with van der Waals surface area (Å²) in [6.07, 6.45) is 12.3. The van der Waals surface area contributed by atoms with Crippen molar-refractivity contribution in [1.82, 2.24) is 0 Å². The summed E-state index contributed by atoms with van der Waals surface area (Å²) in [6.45, 7) is 18.4. The summed E-state index contributed by atoms with van der Waals surface area (Å²) in [4.78, 5) is 0. The molecule has 0 aromatic heterocycles. The Morgan fingerprint density at radius 3 is 1.51 bits per heavy atom. The highest BCUT2D eigenvalue weighted by Gasteiger charge is 2.01. The molecule has 0 aliphatic heterocycles. The Balaban J connectivity index is 0.00000205. The van der Waals surface area contributed by atoms with Crippen LogP contribution in [0, 0.1) is 0 Å². The Kier molecular flexibility index (Phi) is 11.0. The zero-order valence-electron chi connectivity index (χ0n) is 23.4. The fourth-order valence-electron chi connectivity index (χ4n) is 4.14. The van der Waals surface area contributed by atoms with Gasteiger partial charge in [-0.15, -0.1) is 0 Å². The molecule has 0 spiro atoms. The lowest BCUT2D eigenvalue weighted by Gasteiger charge is -2.05. The van der Waals surface area contributed by atoms with E-state index in [1.165, 1.54) is 11.1 Å². The van der Waals surface area contributed by atoms with E-state index in [4.69, 9.17) is 0 Å². The normalized spacial score (nSPS) is 11.2. The Bertz CT molecular complexity index is 1470. The second kappa shape index (κ2) is 14.9. The van der Waals surface area contributed by atoms with Crippen molar-refractivity contribution in [1.29, 1.82) is 0 Å². The minimum absolute atomic E-state index is 0.973. The first-order valence-corrected chi connectivity index (χ1v) is 13.5. The first-order chi connectivity index (χ1) is 19.1. The third-order valence-electron chi connectivity index (χ3n) is 6.35. The third kappa shape index (κ3) is 8.15. The fraction of sp³-hybridized carbons (Fsp3) is 0.0769. The minimum atomic E-state index is 0.973. The maximum absolute atomic E-state index is 4.26. The van der Waals surface area contributed by atoms with E-state index in [2.05, 4.69) is 147 Å². The molecule has 0 saturated carbocycles. The Morgan fingerprint density at radius 2 is 1.03 bits per heavy atom. The van der Waals surface area contributed by atoms with E-state index >= 15 is 0 Å². The Hall–Kier alpha value is -4.68. The van der Waals surface area contributed by atoms with Crippen LogP contribution >= 0.6 is 0 Å². The summed E-state index contributed by atoms with van der Waals surface area (Å²) in [5.41, 5.74) is 11.1. The molecule has 0 amide bonds. The lowest BCUT2D eigenvalue weighted by Crippen LogP contribution is -1.84. The largest absolute Gasteiger partial charge is 0.0985 e. The predicted molar refractivity (Wildman–Crippen MR) is 176 cm³/mol. The van der Waals surface area contributed by atoms with Crippen LogP contribution in [0.3, 0.4) is 0 Å². The van der Waals surface area contributed by atoms with Crippen LogP contribution in [0.1, 0.15) is 48.6 Å². The van der Waals surface area contributed by atoms with E-state index in [0.29, 0.717) is 0 Å². The fourth-order valence-corrected chi connectivity index (χ4v) is 4.14. The van der Waals surface area contributed by atoms with E-state index in [9.17, 15) is 0 Å². The topological polar surface area (TPSA) is 0 Å². The van der Waals surface area contributed by atoms with E-state index in [-0.39, 0.29) is 0 Å². The molecule has 0 aliphatic rings. The molecule has 0 heterocycles. The first-order valence-electron chi connectivity index (χ1n) is 13.5. The van der Waals surface area contributed by atoms with Crippen LogP contribution in [-0.4, -0.2) is 0 Å². The molecule has 0 atom stereocenters. The van der Waals surface area contributed by atoms with Gasteiger partial charge in [-0.25, -0.2) is 0 Å². The Morgan fingerprint density at radius 1 is 0.564 bits per heavy atom. The van der Waals surface area contributed by atoms with Gasteiger partial charge in [0.15, 0.2) is 0 Å². The first kappa shape index (κ1) is 28.9. The highest BCUT2D eigenvalue weighted by Crippen LogP contribution is 2.24. The van der Waals surface area contributed by atoms with E-state index in [1.807, 2.05) is 32.9 Å². The lowest BCUT2D eigenvalue weighted by atomic mass is 9.99. The van der Waals surface area contributed by atoms with Crippen LogP contribution in [0.5, 0.6) is 0 Å². The molecule has 194 valence electrons. The van der Waals surface area contributed by atoms with Gasteiger partial charge in [-0.3, -0.25) is 0 Å². The summed E-state index contributed by atoms with van der Waals surface area (Å²) in [5.74, 6) is 0. The average molecular weight is 507 g/mol. The molecule has 0 N–H and O–H groups in total. The SMILES string of the molecule is C=C/C(=C\C)c1ccc(C(=C)/C=C/c2cccc(/C=C/C(=C)c3ccc(-c4ccccc4)cc3)c2)cc1.CC. The van der Waals surface area contributed by atoms with Gasteiger partial charge in [-0.05, 0) is 68.7 Å². The molecule has 39 heavy (non-hydrogen) atoms. The summed E-state index contributed by atoms with van der Waals surface area (Å²) in [6, 6.07) is 35.8. The van der Waals surface area contributed by atoms with Gasteiger partial charge in [0.2, 0.25) is 0 Å². The molecule has 0 radical (unpaired) electrons. The molecule has 0 unspecified atom stereocenters. The molecular weight excluding hydrogens is 468 g/mol. The maximum atomic E-state index is 4.26. The van der Waals surface area contributed by atoms with Gasteiger partial charge in [-0.2, -0.15) is 0 Å². The van der Waals surface area contributed by atoms with Gasteiger partial charge in [0, 0.05) is 0 Å². The van der Waals surface area contributed by atoms with E-state index in [0.717, 1.165) is 44.5 Å². The van der Waals surface area contributed by atoms with Crippen LogP contribution < -0.4 is 0 Å². The van der Waals surface area contributed by atoms with E-state index in [1.54, 1.807) is 0 Å². The molecule has 4 aromatic rings. The summed E-state index contributed by atoms with van der Waals surface area (Å²) >= 11 is 0. The van der Waals surface area contributed by atoms with Gasteiger partial charge in [0.25, 0.3) is 0 Å². The number of hydrogen-bond donors (Lipinski definition) is 0. The molecule has 4 rings (SSSR count). The van der Waals surface area contributed by atoms with Crippen LogP contribution in [0.2, 0.25) is 0 Å². The van der Waals surface area contributed by atoms with Crippen molar-refractivity contribution in [3.63, 3.8) is 0 Å². The zero-order chi connectivity index (χ0) is 28.0. The van der Waals surface area contributed by atoms with Crippen molar-refractivity contribution >= 4 is 28.9 Å².